The van der Waals surface area contributed by atoms with E-state index in [1.807, 2.05) is 30.3 Å². The van der Waals surface area contributed by atoms with Crippen LogP contribution in [0.4, 0.5) is 4.79 Å². The second kappa shape index (κ2) is 6.01. The third-order valence-corrected chi connectivity index (χ3v) is 4.04. The number of rotatable bonds is 3. The van der Waals surface area contributed by atoms with Crippen LogP contribution in [0, 0.1) is 0 Å². The van der Waals surface area contributed by atoms with Crippen molar-refractivity contribution in [3.63, 3.8) is 0 Å². The number of carbonyl (C=O) groups excluding carboxylic acids is 1. The first-order valence-corrected chi connectivity index (χ1v) is 7.00. The maximum atomic E-state index is 12.2. The van der Waals surface area contributed by atoms with Crippen LogP contribution in [0.5, 0.6) is 0 Å². The second-order valence-electron chi connectivity index (χ2n) is 5.32. The fraction of sp³-hybridized carbons (Fsp3) is 0.533. The summed E-state index contributed by atoms with van der Waals surface area (Å²) in [6.07, 6.45) is -1.65. The lowest BCUT2D eigenvalue weighted by atomic mass is 10.1. The van der Waals surface area contributed by atoms with Crippen LogP contribution in [-0.4, -0.2) is 60.7 Å². The molecule has 0 spiro atoms. The van der Waals surface area contributed by atoms with Crippen LogP contribution >= 0.6 is 0 Å². The zero-order valence-electron chi connectivity index (χ0n) is 11.8. The van der Waals surface area contributed by atoms with Crippen molar-refractivity contribution in [3.05, 3.63) is 35.9 Å². The Labute approximate surface area is 123 Å². The number of fused-ring (bicyclic) bond motifs is 1. The van der Waals surface area contributed by atoms with Crippen molar-refractivity contribution in [1.82, 2.24) is 4.90 Å². The van der Waals surface area contributed by atoms with Gasteiger partial charge in [0.05, 0.1) is 19.2 Å². The molecule has 1 aromatic carbocycles. The molecule has 2 aliphatic heterocycles. The number of likely N-dealkylation sites (tertiary alicyclic amines) is 1. The first-order valence-electron chi connectivity index (χ1n) is 7.00. The predicted molar refractivity (Wildman–Crippen MR) is 73.7 cm³/mol. The van der Waals surface area contributed by atoms with Crippen LogP contribution in [0.15, 0.2) is 30.3 Å². The van der Waals surface area contributed by atoms with Crippen molar-refractivity contribution in [2.24, 2.45) is 0 Å². The third-order valence-electron chi connectivity index (χ3n) is 4.04. The summed E-state index contributed by atoms with van der Waals surface area (Å²) in [5.74, 6) is 0. The minimum absolute atomic E-state index is 0.210. The molecular formula is C15H19NO5. The van der Waals surface area contributed by atoms with Gasteiger partial charge in [0.25, 0.3) is 0 Å². The van der Waals surface area contributed by atoms with Gasteiger partial charge in [-0.2, -0.15) is 0 Å². The molecule has 0 unspecified atom stereocenters. The van der Waals surface area contributed by atoms with E-state index in [2.05, 4.69) is 0 Å². The van der Waals surface area contributed by atoms with E-state index in [9.17, 15) is 9.90 Å². The molecule has 1 N–H and O–H groups in total. The second-order valence-corrected chi connectivity index (χ2v) is 5.32. The largest absolute Gasteiger partial charge is 0.445 e. The average Bonchev–Trinajstić information content (AvgIpc) is 3.07. The van der Waals surface area contributed by atoms with E-state index in [1.165, 1.54) is 4.90 Å². The quantitative estimate of drug-likeness (QED) is 0.892. The Kier molecular flexibility index (Phi) is 4.10. The summed E-state index contributed by atoms with van der Waals surface area (Å²) in [6, 6.07) is 9.09. The first-order chi connectivity index (χ1) is 10.2. The van der Waals surface area contributed by atoms with Crippen molar-refractivity contribution >= 4 is 6.09 Å². The van der Waals surface area contributed by atoms with Gasteiger partial charge in [0.1, 0.15) is 24.9 Å². The van der Waals surface area contributed by atoms with E-state index < -0.39 is 18.2 Å². The van der Waals surface area contributed by atoms with E-state index in [4.69, 9.17) is 14.2 Å². The molecule has 6 heteroatoms. The molecule has 0 bridgehead atoms. The molecule has 0 radical (unpaired) electrons. The lowest BCUT2D eigenvalue weighted by Crippen LogP contribution is -2.44. The van der Waals surface area contributed by atoms with Crippen molar-refractivity contribution in [1.29, 1.82) is 0 Å². The summed E-state index contributed by atoms with van der Waals surface area (Å²) in [6.45, 7) is 0.802. The summed E-state index contributed by atoms with van der Waals surface area (Å²) < 4.78 is 16.2. The highest BCUT2D eigenvalue weighted by molar-refractivity contribution is 5.69. The molecule has 0 aliphatic carbocycles. The molecule has 0 saturated carbocycles. The van der Waals surface area contributed by atoms with E-state index in [-0.39, 0.29) is 25.4 Å². The number of hydrogen-bond acceptors (Lipinski definition) is 5. The SMILES string of the molecule is CO[C@H]1CN(C(=O)OCc2ccccc2)[C@H]2[C@@H]1OC[C@@H]2O. The highest BCUT2D eigenvalue weighted by atomic mass is 16.6. The number of hydrogen-bond donors (Lipinski definition) is 1. The molecule has 2 saturated heterocycles. The molecule has 4 atom stereocenters. The molecule has 3 rings (SSSR count). The predicted octanol–water partition coefficient (Wildman–Crippen LogP) is 0.782. The minimum Gasteiger partial charge on any atom is -0.445 e. The molecule has 21 heavy (non-hydrogen) atoms. The molecule has 2 aliphatic rings. The summed E-state index contributed by atoms with van der Waals surface area (Å²) in [4.78, 5) is 13.8. The van der Waals surface area contributed by atoms with Gasteiger partial charge >= 0.3 is 6.09 Å². The van der Waals surface area contributed by atoms with Gasteiger partial charge in [0.15, 0.2) is 0 Å². The van der Waals surface area contributed by atoms with Gasteiger partial charge in [-0.1, -0.05) is 30.3 Å². The van der Waals surface area contributed by atoms with Gasteiger partial charge < -0.3 is 19.3 Å². The summed E-state index contributed by atoms with van der Waals surface area (Å²) in [5.41, 5.74) is 0.924. The van der Waals surface area contributed by atoms with Gasteiger partial charge in [-0.3, -0.25) is 4.90 Å². The van der Waals surface area contributed by atoms with E-state index in [0.717, 1.165) is 5.56 Å². The van der Waals surface area contributed by atoms with Crippen LogP contribution in [0.3, 0.4) is 0 Å². The fourth-order valence-corrected chi connectivity index (χ4v) is 2.96. The summed E-state index contributed by atoms with van der Waals surface area (Å²) >= 11 is 0. The third kappa shape index (κ3) is 2.74. The first kappa shape index (κ1) is 14.3. The van der Waals surface area contributed by atoms with Gasteiger partial charge in [-0.05, 0) is 5.56 Å². The number of nitrogens with zero attached hydrogens (tertiary/aromatic N) is 1. The van der Waals surface area contributed by atoms with E-state index in [0.29, 0.717) is 6.54 Å². The molecule has 0 aromatic heterocycles. The molecule has 1 amide bonds. The van der Waals surface area contributed by atoms with Crippen LogP contribution in [0.2, 0.25) is 0 Å². The number of benzene rings is 1. The normalized spacial score (nSPS) is 31.2. The topological polar surface area (TPSA) is 68.2 Å². The van der Waals surface area contributed by atoms with Crippen molar-refractivity contribution < 1.29 is 24.1 Å². The molecule has 1 aromatic rings. The Morgan fingerprint density at radius 2 is 2.19 bits per heavy atom. The van der Waals surface area contributed by atoms with Gasteiger partial charge in [-0.25, -0.2) is 4.79 Å². The summed E-state index contributed by atoms with van der Waals surface area (Å²) in [7, 11) is 1.58. The Bertz CT molecular complexity index is 494. The maximum Gasteiger partial charge on any atom is 0.410 e. The molecule has 114 valence electrons. The lowest BCUT2D eigenvalue weighted by Gasteiger charge is -2.24. The zero-order valence-corrected chi connectivity index (χ0v) is 11.8. The van der Waals surface area contributed by atoms with Crippen molar-refractivity contribution in [2.75, 3.05) is 20.3 Å². The molecule has 6 nitrogen and oxygen atoms in total. The van der Waals surface area contributed by atoms with Gasteiger partial charge in [0.2, 0.25) is 0 Å². The standard InChI is InChI=1S/C15H19NO5/c1-19-12-7-16(13-11(17)9-20-14(12)13)15(18)21-8-10-5-3-2-4-6-10/h2-6,11-14,17H,7-9H2,1H3/t11-,12-,13+,14+/m0/s1. The lowest BCUT2D eigenvalue weighted by molar-refractivity contribution is -0.0108. The van der Waals surface area contributed by atoms with Gasteiger partial charge in [0, 0.05) is 7.11 Å². The number of ether oxygens (including phenoxy) is 3. The van der Waals surface area contributed by atoms with Crippen LogP contribution in [0.1, 0.15) is 5.56 Å². The highest BCUT2D eigenvalue weighted by Crippen LogP contribution is 2.31. The number of carbonyl (C=O) groups is 1. The number of aliphatic hydroxyl groups is 1. The monoisotopic (exact) mass is 293 g/mol. The van der Waals surface area contributed by atoms with Crippen LogP contribution in [0.25, 0.3) is 0 Å². The summed E-state index contributed by atoms with van der Waals surface area (Å²) in [5, 5.41) is 9.99. The van der Waals surface area contributed by atoms with Crippen molar-refractivity contribution in [3.8, 4) is 0 Å². The fourth-order valence-electron chi connectivity index (χ4n) is 2.96. The van der Waals surface area contributed by atoms with E-state index in [1.54, 1.807) is 7.11 Å². The van der Waals surface area contributed by atoms with E-state index >= 15 is 0 Å². The van der Waals surface area contributed by atoms with Gasteiger partial charge in [-0.15, -0.1) is 0 Å². The smallest absolute Gasteiger partial charge is 0.410 e. The molecular weight excluding hydrogens is 274 g/mol. The Balaban J connectivity index is 1.64. The number of amides is 1. The van der Waals surface area contributed by atoms with Crippen LogP contribution < -0.4 is 0 Å². The van der Waals surface area contributed by atoms with Crippen molar-refractivity contribution in [2.45, 2.75) is 31.0 Å². The molecule has 2 heterocycles. The number of methoxy groups -OCH3 is 1. The maximum absolute atomic E-state index is 12.2. The Morgan fingerprint density at radius 3 is 2.90 bits per heavy atom. The number of aliphatic hydroxyl groups excluding tert-OH is 1. The molecule has 2 fully saturated rings. The Hall–Kier alpha value is -1.63. The highest BCUT2D eigenvalue weighted by Gasteiger charge is 2.53. The minimum atomic E-state index is -0.695. The van der Waals surface area contributed by atoms with Crippen LogP contribution in [-0.2, 0) is 20.8 Å². The zero-order chi connectivity index (χ0) is 14.8. The average molecular weight is 293 g/mol. The Morgan fingerprint density at radius 1 is 1.43 bits per heavy atom.